The van der Waals surface area contributed by atoms with E-state index in [1.165, 1.54) is 0 Å². The predicted molar refractivity (Wildman–Crippen MR) is 119 cm³/mol. The second-order valence-corrected chi connectivity index (χ2v) is 9.56. The molecule has 0 atom stereocenters. The predicted octanol–water partition coefficient (Wildman–Crippen LogP) is 1.72. The highest BCUT2D eigenvalue weighted by atomic mass is 32.2. The molecular formula is C22H26F2N4O4S. The summed E-state index contributed by atoms with van der Waals surface area (Å²) < 4.78 is 52.9. The van der Waals surface area contributed by atoms with E-state index in [0.717, 1.165) is 23.4 Å². The number of benzene rings is 2. The van der Waals surface area contributed by atoms with Crippen LogP contribution in [0, 0.1) is 18.6 Å². The van der Waals surface area contributed by atoms with Crippen LogP contribution < -0.4 is 10.0 Å². The SMILES string of the molecule is Cc1ccc(NC(=O)CN2CCN(C(=O)CCNS(=O)(=O)c3ccc(F)c(F)c3)CC2)cc1. The number of rotatable bonds is 8. The van der Waals surface area contributed by atoms with Gasteiger partial charge in [0.05, 0.1) is 11.4 Å². The van der Waals surface area contributed by atoms with Crippen LogP contribution in [0.4, 0.5) is 14.5 Å². The Hall–Kier alpha value is -2.89. The number of piperazine rings is 1. The van der Waals surface area contributed by atoms with Crippen molar-refractivity contribution >= 4 is 27.5 Å². The standard InChI is InChI=1S/C22H26F2N4O4S/c1-16-2-4-17(5-3-16)26-21(29)15-27-10-12-28(13-11-27)22(30)8-9-25-33(31,32)18-6-7-19(23)20(24)14-18/h2-7,14,25H,8-13,15H2,1H3,(H,26,29). The first-order valence-electron chi connectivity index (χ1n) is 10.5. The molecule has 0 bridgehead atoms. The number of anilines is 1. The van der Waals surface area contributed by atoms with Gasteiger partial charge in [-0.25, -0.2) is 21.9 Å². The Kier molecular flexibility index (Phi) is 8.11. The third-order valence-corrected chi connectivity index (χ3v) is 6.72. The summed E-state index contributed by atoms with van der Waals surface area (Å²) in [6.45, 7) is 3.90. The van der Waals surface area contributed by atoms with Gasteiger partial charge in [-0.15, -0.1) is 0 Å². The molecule has 1 fully saturated rings. The Morgan fingerprint density at radius 2 is 1.64 bits per heavy atom. The van der Waals surface area contributed by atoms with Gasteiger partial charge in [-0.05, 0) is 37.3 Å². The van der Waals surface area contributed by atoms with E-state index in [-0.39, 0.29) is 31.3 Å². The first-order chi connectivity index (χ1) is 15.6. The Morgan fingerprint density at radius 1 is 0.970 bits per heavy atom. The highest BCUT2D eigenvalue weighted by Crippen LogP contribution is 2.14. The lowest BCUT2D eigenvalue weighted by atomic mass is 10.2. The van der Waals surface area contributed by atoms with Gasteiger partial charge in [0.1, 0.15) is 0 Å². The molecule has 0 aliphatic carbocycles. The van der Waals surface area contributed by atoms with Gasteiger partial charge in [0.15, 0.2) is 11.6 Å². The summed E-state index contributed by atoms with van der Waals surface area (Å²) in [7, 11) is -4.06. The quantitative estimate of drug-likeness (QED) is 0.600. The minimum atomic E-state index is -4.06. The van der Waals surface area contributed by atoms with Gasteiger partial charge >= 0.3 is 0 Å². The number of halogens is 2. The number of carbonyl (C=O) groups excluding carboxylic acids is 2. The van der Waals surface area contributed by atoms with E-state index in [4.69, 9.17) is 0 Å². The van der Waals surface area contributed by atoms with E-state index in [9.17, 15) is 26.8 Å². The fourth-order valence-electron chi connectivity index (χ4n) is 3.37. The zero-order chi connectivity index (χ0) is 24.0. The van der Waals surface area contributed by atoms with Crippen LogP contribution in [-0.2, 0) is 19.6 Å². The molecule has 11 heteroatoms. The number of carbonyl (C=O) groups is 2. The van der Waals surface area contributed by atoms with E-state index in [2.05, 4.69) is 10.0 Å². The zero-order valence-corrected chi connectivity index (χ0v) is 19.0. The van der Waals surface area contributed by atoms with Gasteiger partial charge in [-0.2, -0.15) is 0 Å². The van der Waals surface area contributed by atoms with Crippen molar-refractivity contribution in [2.45, 2.75) is 18.2 Å². The van der Waals surface area contributed by atoms with E-state index >= 15 is 0 Å². The molecule has 0 aromatic heterocycles. The van der Waals surface area contributed by atoms with Crippen LogP contribution in [-0.4, -0.2) is 69.3 Å². The summed E-state index contributed by atoms with van der Waals surface area (Å²) >= 11 is 0. The number of nitrogens with zero attached hydrogens (tertiary/aromatic N) is 2. The van der Waals surface area contributed by atoms with Crippen LogP contribution >= 0.6 is 0 Å². The smallest absolute Gasteiger partial charge is 0.240 e. The molecule has 3 rings (SSSR count). The van der Waals surface area contributed by atoms with Gasteiger partial charge < -0.3 is 10.2 Å². The molecule has 0 spiro atoms. The molecule has 1 aliphatic rings. The maximum absolute atomic E-state index is 13.3. The molecule has 1 saturated heterocycles. The van der Waals surface area contributed by atoms with Crippen LogP contribution in [0.25, 0.3) is 0 Å². The van der Waals surface area contributed by atoms with Gasteiger partial charge in [-0.1, -0.05) is 17.7 Å². The number of hydrogen-bond acceptors (Lipinski definition) is 5. The normalized spacial score (nSPS) is 14.8. The molecule has 0 unspecified atom stereocenters. The summed E-state index contributed by atoms with van der Waals surface area (Å²) in [6, 6.07) is 9.78. The Bertz CT molecular complexity index is 1100. The summed E-state index contributed by atoms with van der Waals surface area (Å²) in [5.41, 5.74) is 1.83. The average Bonchev–Trinajstić information content (AvgIpc) is 2.77. The first kappa shape index (κ1) is 24.7. The lowest BCUT2D eigenvalue weighted by Gasteiger charge is -2.34. The molecule has 33 heavy (non-hydrogen) atoms. The van der Waals surface area contributed by atoms with Crippen molar-refractivity contribution in [1.82, 2.24) is 14.5 Å². The van der Waals surface area contributed by atoms with Gasteiger partial charge in [0.25, 0.3) is 0 Å². The van der Waals surface area contributed by atoms with Crippen molar-refractivity contribution in [1.29, 1.82) is 0 Å². The molecule has 0 saturated carbocycles. The van der Waals surface area contributed by atoms with E-state index < -0.39 is 26.6 Å². The molecule has 178 valence electrons. The van der Waals surface area contributed by atoms with E-state index in [1.807, 2.05) is 36.1 Å². The van der Waals surface area contributed by atoms with Crippen LogP contribution in [0.3, 0.4) is 0 Å². The monoisotopic (exact) mass is 480 g/mol. The van der Waals surface area contributed by atoms with Crippen LogP contribution in [0.5, 0.6) is 0 Å². The Morgan fingerprint density at radius 3 is 2.27 bits per heavy atom. The maximum atomic E-state index is 13.3. The van der Waals surface area contributed by atoms with Crippen molar-refractivity contribution in [2.24, 2.45) is 0 Å². The first-order valence-corrected chi connectivity index (χ1v) is 11.9. The maximum Gasteiger partial charge on any atom is 0.240 e. The topological polar surface area (TPSA) is 98.8 Å². The molecular weight excluding hydrogens is 454 g/mol. The van der Waals surface area contributed by atoms with E-state index in [0.29, 0.717) is 32.2 Å². The van der Waals surface area contributed by atoms with Crippen molar-refractivity contribution < 1.29 is 26.8 Å². The number of nitrogens with one attached hydrogen (secondary N) is 2. The minimum Gasteiger partial charge on any atom is -0.340 e. The van der Waals surface area contributed by atoms with Gasteiger partial charge in [0.2, 0.25) is 21.8 Å². The van der Waals surface area contributed by atoms with E-state index in [1.54, 1.807) is 4.90 Å². The molecule has 2 aromatic rings. The Balaban J connectivity index is 1.39. The molecule has 1 heterocycles. The highest BCUT2D eigenvalue weighted by molar-refractivity contribution is 7.89. The van der Waals surface area contributed by atoms with Crippen molar-refractivity contribution in [3.05, 3.63) is 59.7 Å². The largest absolute Gasteiger partial charge is 0.340 e. The number of amides is 2. The molecule has 2 N–H and O–H groups in total. The summed E-state index contributed by atoms with van der Waals surface area (Å²) in [5.74, 6) is -2.77. The lowest BCUT2D eigenvalue weighted by molar-refractivity contribution is -0.132. The van der Waals surface area contributed by atoms with Crippen LogP contribution in [0.15, 0.2) is 47.4 Å². The molecule has 8 nitrogen and oxygen atoms in total. The zero-order valence-electron chi connectivity index (χ0n) is 18.2. The van der Waals surface area contributed by atoms with Crippen LogP contribution in [0.2, 0.25) is 0 Å². The fraction of sp³-hybridized carbons (Fsp3) is 0.364. The van der Waals surface area contributed by atoms with Gasteiger partial charge in [-0.3, -0.25) is 14.5 Å². The van der Waals surface area contributed by atoms with Gasteiger partial charge in [0, 0.05) is 44.8 Å². The van der Waals surface area contributed by atoms with Crippen molar-refractivity contribution in [2.75, 3.05) is 44.6 Å². The third-order valence-electron chi connectivity index (χ3n) is 5.26. The van der Waals surface area contributed by atoms with Crippen LogP contribution in [0.1, 0.15) is 12.0 Å². The molecule has 2 aromatic carbocycles. The van der Waals surface area contributed by atoms with Crippen molar-refractivity contribution in [3.8, 4) is 0 Å². The number of sulfonamides is 1. The third kappa shape index (κ3) is 7.04. The summed E-state index contributed by atoms with van der Waals surface area (Å²) in [5, 5.41) is 2.84. The fourth-order valence-corrected chi connectivity index (χ4v) is 4.42. The second-order valence-electron chi connectivity index (χ2n) is 7.79. The summed E-state index contributed by atoms with van der Waals surface area (Å²) in [6.07, 6.45) is -0.0726. The van der Waals surface area contributed by atoms with Crippen molar-refractivity contribution in [3.63, 3.8) is 0 Å². The molecule has 0 radical (unpaired) electrons. The average molecular weight is 481 g/mol. The minimum absolute atomic E-state index is 0.0726. The molecule has 1 aliphatic heterocycles. The number of aryl methyl sites for hydroxylation is 1. The Labute approximate surface area is 191 Å². The molecule has 2 amide bonds. The second kappa shape index (κ2) is 10.8. The number of hydrogen-bond donors (Lipinski definition) is 2. The highest BCUT2D eigenvalue weighted by Gasteiger charge is 2.23. The lowest BCUT2D eigenvalue weighted by Crippen LogP contribution is -2.50. The summed E-state index contributed by atoms with van der Waals surface area (Å²) in [4.78, 5) is 27.8.